The fourth-order valence-corrected chi connectivity index (χ4v) is 6.66. The van der Waals surface area contributed by atoms with Gasteiger partial charge in [-0.2, -0.15) is 19.0 Å². The molecule has 0 radical (unpaired) electrons. The first kappa shape index (κ1) is 33.2. The summed E-state index contributed by atoms with van der Waals surface area (Å²) in [5.74, 6) is -1.79. The normalized spacial score (nSPS) is 20.1. The van der Waals surface area contributed by atoms with Crippen molar-refractivity contribution in [3.63, 3.8) is 0 Å². The van der Waals surface area contributed by atoms with Crippen LogP contribution in [0.1, 0.15) is 42.2 Å². The lowest BCUT2D eigenvalue weighted by Crippen LogP contribution is -2.61. The van der Waals surface area contributed by atoms with Crippen molar-refractivity contribution in [2.45, 2.75) is 50.0 Å². The average Bonchev–Trinajstić information content (AvgIpc) is 3.50. The Kier molecular flexibility index (Phi) is 9.03. The maximum absolute atomic E-state index is 14.3. The zero-order chi connectivity index (χ0) is 34.3. The standard InChI is InChI=1S/C32H32F2N7O6P/c1-18(42)40-12-10-23-6-8-27(31(45)39(2)24-5-7-25-19(14-24)9-11-36-38-25)41(23)30(44)26(17-40)37-29(43)20-3-4-21-16-35-28(15-22(21)13-20)32(33,34)48(46)47/h3-5,7,9,11,13-16,23,26-27,46-47H,6,8,10,12,17H2,1-2H3,(H,37,43)/t23-,26+,27+/m1/s1. The van der Waals surface area contributed by atoms with E-state index < -0.39 is 43.6 Å². The number of carbonyl (C=O) groups is 4. The summed E-state index contributed by atoms with van der Waals surface area (Å²) in [7, 11) is -2.01. The van der Waals surface area contributed by atoms with E-state index in [1.807, 2.05) is 6.07 Å². The van der Waals surface area contributed by atoms with Crippen LogP contribution in [0.5, 0.6) is 0 Å². The van der Waals surface area contributed by atoms with Gasteiger partial charge in [-0.05, 0) is 67.1 Å². The van der Waals surface area contributed by atoms with Crippen molar-refractivity contribution < 1.29 is 37.7 Å². The molecule has 6 rings (SSSR count). The van der Waals surface area contributed by atoms with E-state index in [2.05, 4.69) is 20.5 Å². The van der Waals surface area contributed by atoms with Gasteiger partial charge in [0.1, 0.15) is 17.8 Å². The van der Waals surface area contributed by atoms with Crippen LogP contribution < -0.4 is 10.2 Å². The molecule has 0 bridgehead atoms. The van der Waals surface area contributed by atoms with Crippen molar-refractivity contribution in [1.29, 1.82) is 0 Å². The molecule has 2 aromatic heterocycles. The maximum atomic E-state index is 14.3. The summed E-state index contributed by atoms with van der Waals surface area (Å²) in [6.07, 6.45) is 4.08. The van der Waals surface area contributed by atoms with Gasteiger partial charge in [0.2, 0.25) is 26.1 Å². The van der Waals surface area contributed by atoms with Gasteiger partial charge in [-0.3, -0.25) is 24.2 Å². The predicted octanol–water partition coefficient (Wildman–Crippen LogP) is 2.90. The number of amides is 4. The van der Waals surface area contributed by atoms with E-state index in [0.717, 1.165) is 17.6 Å². The number of rotatable bonds is 6. The van der Waals surface area contributed by atoms with E-state index in [9.17, 15) is 37.7 Å². The maximum Gasteiger partial charge on any atom is 0.355 e. The highest BCUT2D eigenvalue weighted by atomic mass is 31.2. The summed E-state index contributed by atoms with van der Waals surface area (Å²) >= 11 is 0. The number of carbonyl (C=O) groups excluding carboxylic acids is 4. The monoisotopic (exact) mass is 679 g/mol. The molecule has 4 aromatic rings. The lowest BCUT2D eigenvalue weighted by Gasteiger charge is -2.39. The van der Waals surface area contributed by atoms with Crippen LogP contribution >= 0.6 is 8.38 Å². The second kappa shape index (κ2) is 13.1. The third-order valence-corrected chi connectivity index (χ3v) is 9.72. The molecule has 0 unspecified atom stereocenters. The molecule has 0 saturated carbocycles. The molecule has 16 heteroatoms. The Morgan fingerprint density at radius 2 is 1.81 bits per heavy atom. The van der Waals surface area contributed by atoms with Gasteiger partial charge in [0, 0.05) is 61.3 Å². The Morgan fingerprint density at radius 1 is 1.02 bits per heavy atom. The molecule has 0 spiro atoms. The number of nitrogens with zero attached hydrogens (tertiary/aromatic N) is 6. The SMILES string of the molecule is CC(=O)N1CC[C@H]2CC[C@@H](C(=O)N(C)c3ccc4nnccc4c3)N2C(=O)[C@@H](NC(=O)c2ccc3cnc(C(F)(F)P(O)O)cc3c2)C1. The molecular weight excluding hydrogens is 647 g/mol. The van der Waals surface area contributed by atoms with E-state index in [-0.39, 0.29) is 35.4 Å². The van der Waals surface area contributed by atoms with E-state index in [1.165, 1.54) is 39.8 Å². The molecule has 2 aromatic carbocycles. The topological polar surface area (TPSA) is 169 Å². The molecular formula is C32H32F2N7O6P. The zero-order valence-corrected chi connectivity index (χ0v) is 26.8. The second-order valence-electron chi connectivity index (χ2n) is 11.9. The Labute approximate surface area is 274 Å². The highest BCUT2D eigenvalue weighted by molar-refractivity contribution is 7.46. The summed E-state index contributed by atoms with van der Waals surface area (Å²) < 4.78 is 28.6. The molecule has 2 saturated heterocycles. The molecule has 2 aliphatic rings. The largest absolute Gasteiger partial charge is 0.355 e. The van der Waals surface area contributed by atoms with Crippen LogP contribution in [0.2, 0.25) is 0 Å². The van der Waals surface area contributed by atoms with E-state index in [0.29, 0.717) is 42.4 Å². The average molecular weight is 680 g/mol. The zero-order valence-electron chi connectivity index (χ0n) is 26.0. The molecule has 3 N–H and O–H groups in total. The minimum atomic E-state index is -3.99. The molecule has 250 valence electrons. The van der Waals surface area contributed by atoms with Crippen LogP contribution in [0.4, 0.5) is 14.5 Å². The van der Waals surface area contributed by atoms with Gasteiger partial charge < -0.3 is 29.8 Å². The molecule has 4 amide bonds. The number of pyridine rings is 1. The van der Waals surface area contributed by atoms with Gasteiger partial charge in [0.15, 0.2) is 0 Å². The van der Waals surface area contributed by atoms with Gasteiger partial charge in [-0.1, -0.05) is 6.07 Å². The second-order valence-corrected chi connectivity index (χ2v) is 13.0. The highest BCUT2D eigenvalue weighted by Crippen LogP contribution is 2.52. The number of hydrogen-bond acceptors (Lipinski definition) is 9. The number of likely N-dealkylation sites (N-methyl/N-ethyl adjacent to an activating group) is 1. The molecule has 2 fully saturated rings. The van der Waals surface area contributed by atoms with Crippen LogP contribution in [0.3, 0.4) is 0 Å². The Hall–Kier alpha value is -4.72. The summed E-state index contributed by atoms with van der Waals surface area (Å²) in [4.78, 5) is 80.8. The number of fused-ring (bicyclic) bond motifs is 3. The molecule has 48 heavy (non-hydrogen) atoms. The Balaban J connectivity index is 1.27. The van der Waals surface area contributed by atoms with Gasteiger partial charge in [0.25, 0.3) is 5.91 Å². The quantitative estimate of drug-likeness (QED) is 0.260. The first-order chi connectivity index (χ1) is 22.8. The van der Waals surface area contributed by atoms with Crippen molar-refractivity contribution in [2.75, 3.05) is 25.0 Å². The minimum Gasteiger partial charge on any atom is -0.346 e. The highest BCUT2D eigenvalue weighted by Gasteiger charge is 2.46. The van der Waals surface area contributed by atoms with Crippen molar-refractivity contribution in [3.05, 3.63) is 72.2 Å². The molecule has 0 aliphatic carbocycles. The van der Waals surface area contributed by atoms with E-state index in [4.69, 9.17) is 0 Å². The van der Waals surface area contributed by atoms with Crippen molar-refractivity contribution in [2.24, 2.45) is 0 Å². The summed E-state index contributed by atoms with van der Waals surface area (Å²) in [5.41, 5.74) is -3.54. The number of anilines is 1. The molecule has 3 atom stereocenters. The van der Waals surface area contributed by atoms with Crippen molar-refractivity contribution in [1.82, 2.24) is 30.3 Å². The molecule has 2 aliphatic heterocycles. The van der Waals surface area contributed by atoms with Crippen LogP contribution in [0.25, 0.3) is 21.7 Å². The lowest BCUT2D eigenvalue weighted by atomic mass is 10.0. The third-order valence-electron chi connectivity index (χ3n) is 8.98. The van der Waals surface area contributed by atoms with Crippen LogP contribution in [-0.2, 0) is 20.0 Å². The number of alkyl halides is 2. The Morgan fingerprint density at radius 3 is 2.56 bits per heavy atom. The molecule has 13 nitrogen and oxygen atoms in total. The van der Waals surface area contributed by atoms with Crippen LogP contribution in [-0.4, -0.2) is 96.7 Å². The summed E-state index contributed by atoms with van der Waals surface area (Å²) in [6, 6.07) is 9.97. The summed E-state index contributed by atoms with van der Waals surface area (Å²) in [5, 5.41) is 12.1. The van der Waals surface area contributed by atoms with E-state index >= 15 is 0 Å². The van der Waals surface area contributed by atoms with Crippen molar-refractivity contribution >= 4 is 59.4 Å². The van der Waals surface area contributed by atoms with Crippen molar-refractivity contribution in [3.8, 4) is 0 Å². The fourth-order valence-electron chi connectivity index (χ4n) is 6.34. The first-order valence-electron chi connectivity index (χ1n) is 15.2. The van der Waals surface area contributed by atoms with Gasteiger partial charge in [0.05, 0.1) is 11.7 Å². The number of halogens is 2. The minimum absolute atomic E-state index is 0.0359. The summed E-state index contributed by atoms with van der Waals surface area (Å²) in [6.45, 7) is 1.57. The van der Waals surface area contributed by atoms with E-state index in [1.54, 1.807) is 31.4 Å². The third kappa shape index (κ3) is 6.28. The lowest BCUT2D eigenvalue weighted by molar-refractivity contribution is -0.144. The number of aromatic nitrogens is 3. The van der Waals surface area contributed by atoms with Gasteiger partial charge >= 0.3 is 5.66 Å². The van der Waals surface area contributed by atoms with Crippen LogP contribution in [0, 0.1) is 0 Å². The fraction of sp³-hybridized carbons (Fsp3) is 0.344. The number of nitrogens with one attached hydrogen (secondary N) is 1. The number of hydrogen-bond donors (Lipinski definition) is 3. The first-order valence-corrected chi connectivity index (χ1v) is 16.4. The molecule has 4 heterocycles. The predicted molar refractivity (Wildman–Crippen MR) is 172 cm³/mol. The number of benzene rings is 2. The smallest absolute Gasteiger partial charge is 0.346 e. The van der Waals surface area contributed by atoms with Gasteiger partial charge in [-0.15, -0.1) is 0 Å². The van der Waals surface area contributed by atoms with Crippen LogP contribution in [0.15, 0.2) is 60.9 Å². The Bertz CT molecular complexity index is 1930. The van der Waals surface area contributed by atoms with Gasteiger partial charge in [-0.25, -0.2) is 0 Å².